The highest BCUT2D eigenvalue weighted by Gasteiger charge is 2.51. The number of hydrogen-bond donors (Lipinski definition) is 3. The smallest absolute Gasteiger partial charge is 0.327 e. The number of nitrogens with two attached hydrogens (primary N) is 2. The van der Waals surface area contributed by atoms with E-state index in [0.717, 1.165) is 6.33 Å². The minimum absolute atomic E-state index is 0.0515. The summed E-state index contributed by atoms with van der Waals surface area (Å²) in [5.41, 5.74) is 12.4. The zero-order valence-electron chi connectivity index (χ0n) is 22.7. The lowest BCUT2D eigenvalue weighted by molar-refractivity contribution is -0.0538. The van der Waals surface area contributed by atoms with E-state index >= 15 is 8.78 Å². The quantitative estimate of drug-likeness (QED) is 0.0829. The van der Waals surface area contributed by atoms with Crippen LogP contribution in [0.4, 0.5) is 20.4 Å². The summed E-state index contributed by atoms with van der Waals surface area (Å²) in [6.07, 6.45) is -7.10. The van der Waals surface area contributed by atoms with Crippen LogP contribution in [0.25, 0.3) is 22.3 Å². The van der Waals surface area contributed by atoms with E-state index in [9.17, 15) is 9.13 Å². The lowest BCUT2D eigenvalue weighted by atomic mass is 10.1. The van der Waals surface area contributed by atoms with E-state index in [0.29, 0.717) is 0 Å². The molecule has 45 heavy (non-hydrogen) atoms. The topological polar surface area (TPSA) is 229 Å². The van der Waals surface area contributed by atoms with Gasteiger partial charge in [0.1, 0.15) is 48.1 Å². The molecule has 0 spiro atoms. The van der Waals surface area contributed by atoms with E-state index in [4.69, 9.17) is 46.8 Å². The van der Waals surface area contributed by atoms with Crippen molar-refractivity contribution in [1.29, 1.82) is 0 Å². The summed E-state index contributed by atoms with van der Waals surface area (Å²) >= 11 is 4.01. The highest BCUT2D eigenvalue weighted by atomic mass is 32.1. The SMILES string of the molecule is [B]P(=O)(OC[C@H]1O[C@@H](n2cnc3c(N)ncnc32)[C@H](F)[C@@H]1OCS)O[C@H]1[C@@H](F)[C@H](n2cnc3c(N)ncnc32)O[C@@H]1COP=O. The molecule has 238 valence electrons. The predicted octanol–water partition coefficient (Wildman–Crippen LogP) is 1.48. The van der Waals surface area contributed by atoms with Gasteiger partial charge >= 0.3 is 8.69 Å². The molecular weight excluding hydrogens is 663 g/mol. The maximum Gasteiger partial charge on any atom is 0.327 e. The van der Waals surface area contributed by atoms with Crippen molar-refractivity contribution in [2.75, 3.05) is 30.6 Å². The number of ether oxygens (including phenoxy) is 3. The van der Waals surface area contributed by atoms with Gasteiger partial charge in [0.15, 0.2) is 47.7 Å². The van der Waals surface area contributed by atoms with E-state index in [1.165, 1.54) is 28.1 Å². The fourth-order valence-electron chi connectivity index (χ4n) is 5.11. The monoisotopic (exact) mass is 686 g/mol. The van der Waals surface area contributed by atoms with Gasteiger partial charge in [0, 0.05) is 0 Å². The van der Waals surface area contributed by atoms with Gasteiger partial charge in [-0.15, -0.1) is 0 Å². The second-order valence-electron chi connectivity index (χ2n) is 9.72. The summed E-state index contributed by atoms with van der Waals surface area (Å²) in [6.45, 7) is -1.05. The summed E-state index contributed by atoms with van der Waals surface area (Å²) in [5.74, 6) is -0.0628. The second-order valence-corrected chi connectivity index (χ2v) is 11.9. The number of hydrogen-bond acceptors (Lipinski definition) is 17. The number of halogens is 2. The molecule has 1 unspecified atom stereocenters. The Labute approximate surface area is 260 Å². The lowest BCUT2D eigenvalue weighted by Gasteiger charge is -2.25. The predicted molar refractivity (Wildman–Crippen MR) is 154 cm³/mol. The third kappa shape index (κ3) is 6.14. The van der Waals surface area contributed by atoms with Crippen molar-refractivity contribution in [3.8, 4) is 0 Å². The summed E-state index contributed by atoms with van der Waals surface area (Å²) in [4.78, 5) is 24.1. The Bertz CT molecular complexity index is 1750. The third-order valence-electron chi connectivity index (χ3n) is 7.10. The molecule has 9 atom stereocenters. The molecule has 2 saturated heterocycles. The molecule has 2 aliphatic rings. The number of nitrogen functional groups attached to an aromatic ring is 2. The molecule has 4 N–H and O–H groups in total. The van der Waals surface area contributed by atoms with Crippen molar-refractivity contribution in [2.24, 2.45) is 0 Å². The molecule has 0 aliphatic carbocycles. The van der Waals surface area contributed by atoms with Crippen molar-refractivity contribution in [3.05, 3.63) is 25.3 Å². The first-order valence-electron chi connectivity index (χ1n) is 13.0. The number of nitrogens with zero attached hydrogens (tertiary/aromatic N) is 8. The molecule has 6 heterocycles. The van der Waals surface area contributed by atoms with Crippen LogP contribution in [0.3, 0.4) is 0 Å². The summed E-state index contributed by atoms with van der Waals surface area (Å²) in [7, 11) is 0.517. The largest absolute Gasteiger partial charge is 0.382 e. The van der Waals surface area contributed by atoms with Crippen LogP contribution in [0, 0.1) is 0 Å². The van der Waals surface area contributed by atoms with Gasteiger partial charge in [-0.25, -0.2) is 43.2 Å². The van der Waals surface area contributed by atoms with Crippen molar-refractivity contribution in [3.63, 3.8) is 0 Å². The number of anilines is 2. The minimum atomic E-state index is -4.61. The first-order chi connectivity index (χ1) is 21.6. The summed E-state index contributed by atoms with van der Waals surface area (Å²) in [5, 5.41) is 0. The van der Waals surface area contributed by atoms with Gasteiger partial charge in [0.2, 0.25) is 7.57 Å². The Morgan fingerprint density at radius 1 is 0.911 bits per heavy atom. The molecular formula is C21H23BF2N10O8P2S. The number of imidazole rings is 2. The van der Waals surface area contributed by atoms with E-state index in [2.05, 4.69) is 42.5 Å². The standard InChI is InChI=1S/C21H23BF2N10O8P2S/c22-44(36,39-2-9-14(37-7-45)10(23)20(41-9)33-5-31-12-16(25)27-3-29-18(12)33)42-15-8(1-38-43-35)40-21(11(15)24)34-6-32-13-17(26)28-4-30-19(13)34/h3-6,8-11,14-15,20-21,45H,1-2,7H2,(H2,25,27,29)(H2,26,28,30)/t8-,9-,10-,11-,14-,15-,20-,21-,44?/m1/s1. The van der Waals surface area contributed by atoms with Crippen molar-refractivity contribution in [1.82, 2.24) is 39.0 Å². The van der Waals surface area contributed by atoms with Crippen LogP contribution in [-0.4, -0.2) is 103 Å². The molecule has 6 rings (SSSR count). The fourth-order valence-corrected chi connectivity index (χ4v) is 6.50. The number of alkyl halides is 2. The number of rotatable bonds is 12. The highest BCUT2D eigenvalue weighted by Crippen LogP contribution is 2.50. The first kappa shape index (κ1) is 32.0. The van der Waals surface area contributed by atoms with Gasteiger partial charge in [0.25, 0.3) is 7.47 Å². The molecule has 0 saturated carbocycles. The van der Waals surface area contributed by atoms with Gasteiger partial charge in [0.05, 0.1) is 31.8 Å². The molecule has 0 aromatic carbocycles. The zero-order valence-corrected chi connectivity index (χ0v) is 25.4. The number of aromatic nitrogens is 8. The maximum atomic E-state index is 15.9. The van der Waals surface area contributed by atoms with Crippen LogP contribution in [-0.2, 0) is 36.9 Å². The second kappa shape index (κ2) is 13.1. The normalized spacial score (nSPS) is 30.0. The third-order valence-corrected chi connectivity index (χ3v) is 8.55. The van der Waals surface area contributed by atoms with Gasteiger partial charge < -0.3 is 34.7 Å². The van der Waals surface area contributed by atoms with Crippen LogP contribution >= 0.6 is 28.8 Å². The molecule has 4 aromatic heterocycles. The van der Waals surface area contributed by atoms with Crippen LogP contribution in [0.5, 0.6) is 0 Å². The van der Waals surface area contributed by atoms with E-state index in [1.807, 2.05) is 0 Å². The van der Waals surface area contributed by atoms with Crippen LogP contribution in [0.1, 0.15) is 12.5 Å². The Morgan fingerprint density at radius 3 is 1.98 bits per heavy atom. The van der Waals surface area contributed by atoms with Crippen LogP contribution in [0.2, 0.25) is 0 Å². The maximum absolute atomic E-state index is 15.9. The zero-order chi connectivity index (χ0) is 31.9. The Hall–Kier alpha value is -2.94. The van der Waals surface area contributed by atoms with Gasteiger partial charge in [-0.05, 0) is 0 Å². The summed E-state index contributed by atoms with van der Waals surface area (Å²) in [6, 6.07) is 0. The molecule has 18 nitrogen and oxygen atoms in total. The van der Waals surface area contributed by atoms with Crippen LogP contribution < -0.4 is 11.5 Å². The van der Waals surface area contributed by atoms with Gasteiger partial charge in [-0.3, -0.25) is 18.2 Å². The molecule has 24 heteroatoms. The molecule has 2 fully saturated rings. The van der Waals surface area contributed by atoms with Crippen molar-refractivity contribution in [2.45, 2.75) is 49.2 Å². The number of fused-ring (bicyclic) bond motifs is 2. The summed E-state index contributed by atoms with van der Waals surface area (Å²) < 4.78 is 91.0. The fraction of sp³-hybridized carbons (Fsp3) is 0.524. The minimum Gasteiger partial charge on any atom is -0.382 e. The molecule has 2 radical (unpaired) electrons. The first-order valence-corrected chi connectivity index (χ1v) is 15.9. The molecule has 0 amide bonds. The van der Waals surface area contributed by atoms with E-state index in [-0.39, 0.29) is 39.9 Å². The van der Waals surface area contributed by atoms with Crippen molar-refractivity contribution < 1.29 is 45.7 Å². The Balaban J connectivity index is 1.18. The Morgan fingerprint density at radius 2 is 1.44 bits per heavy atom. The van der Waals surface area contributed by atoms with Crippen LogP contribution in [0.15, 0.2) is 25.3 Å². The average Bonchev–Trinajstić information content (AvgIpc) is 3.77. The van der Waals surface area contributed by atoms with Crippen molar-refractivity contribution >= 4 is 70.3 Å². The van der Waals surface area contributed by atoms with Gasteiger partial charge in [-0.2, -0.15) is 12.6 Å². The number of thiol groups is 1. The Kier molecular flexibility index (Phi) is 9.29. The van der Waals surface area contributed by atoms with E-state index in [1.54, 1.807) is 0 Å². The van der Waals surface area contributed by atoms with Gasteiger partial charge in [-0.1, -0.05) is 0 Å². The molecule has 2 aliphatic heterocycles. The lowest BCUT2D eigenvalue weighted by Crippen LogP contribution is -2.35. The van der Waals surface area contributed by atoms with E-state index < -0.39 is 78.6 Å². The average molecular weight is 686 g/mol. The highest BCUT2D eigenvalue weighted by molar-refractivity contribution is 7.80. The molecule has 0 bridgehead atoms. The molecule has 4 aromatic rings.